The Hall–Kier alpha value is -0.660. The molecule has 0 spiro atoms. The summed E-state index contributed by atoms with van der Waals surface area (Å²) in [7, 11) is -3.62. The van der Waals surface area contributed by atoms with Crippen LogP contribution in [0.15, 0.2) is 0 Å². The number of hydrogen-bond acceptors (Lipinski definition) is 3. The van der Waals surface area contributed by atoms with Crippen LogP contribution in [0.1, 0.15) is 6.92 Å². The fourth-order valence-electron chi connectivity index (χ4n) is 0.432. The molecule has 0 saturated heterocycles. The van der Waals surface area contributed by atoms with Crippen molar-refractivity contribution < 1.29 is 13.2 Å². The fraction of sp³-hybridized carbons (Fsp3) is 0.750. The highest BCUT2D eigenvalue weighted by molar-refractivity contribution is 7.87. The maximum absolute atomic E-state index is 10.2. The van der Waals surface area contributed by atoms with E-state index < -0.39 is 10.2 Å². The second kappa shape index (κ2) is 4.27. The molecule has 0 aliphatic rings. The van der Waals surface area contributed by atoms with E-state index in [1.807, 2.05) is 4.72 Å². The highest BCUT2D eigenvalue weighted by atomic mass is 32.2. The second-order valence-corrected chi connectivity index (χ2v) is 3.30. The molecule has 0 aromatic rings. The number of rotatable bonds is 4. The van der Waals surface area contributed by atoms with Crippen LogP contribution < -0.4 is 15.2 Å². The van der Waals surface area contributed by atoms with E-state index in [1.165, 1.54) is 6.92 Å². The van der Waals surface area contributed by atoms with E-state index in [0.717, 1.165) is 0 Å². The van der Waals surface area contributed by atoms with Crippen molar-refractivity contribution in [3.8, 4) is 0 Å². The number of carbonyl (C=O) groups is 1. The largest absolute Gasteiger partial charge is 0.355 e. The molecule has 0 unspecified atom stereocenters. The van der Waals surface area contributed by atoms with Gasteiger partial charge in [-0.15, -0.1) is 0 Å². The number of nitrogens with two attached hydrogens (primary N) is 1. The Bertz CT molecular complexity index is 223. The molecule has 66 valence electrons. The Morgan fingerprint density at radius 2 is 2.00 bits per heavy atom. The molecule has 0 aromatic carbocycles. The molecule has 11 heavy (non-hydrogen) atoms. The van der Waals surface area contributed by atoms with Gasteiger partial charge < -0.3 is 5.32 Å². The van der Waals surface area contributed by atoms with E-state index >= 15 is 0 Å². The zero-order chi connectivity index (χ0) is 8.91. The first-order valence-electron chi connectivity index (χ1n) is 2.93. The summed E-state index contributed by atoms with van der Waals surface area (Å²) in [4.78, 5) is 10.2. The van der Waals surface area contributed by atoms with Crippen LogP contribution in [-0.4, -0.2) is 27.4 Å². The third kappa shape index (κ3) is 9.34. The average molecular weight is 181 g/mol. The molecule has 0 heterocycles. The Morgan fingerprint density at radius 3 is 2.36 bits per heavy atom. The first-order valence-corrected chi connectivity index (χ1v) is 4.48. The van der Waals surface area contributed by atoms with Gasteiger partial charge in [-0.1, -0.05) is 0 Å². The molecule has 4 N–H and O–H groups in total. The summed E-state index contributed by atoms with van der Waals surface area (Å²) in [5.74, 6) is -0.207. The minimum absolute atomic E-state index is 0.110. The van der Waals surface area contributed by atoms with Crippen molar-refractivity contribution in [1.29, 1.82) is 0 Å². The van der Waals surface area contributed by atoms with Crippen LogP contribution in [0.2, 0.25) is 0 Å². The van der Waals surface area contributed by atoms with Crippen molar-refractivity contribution in [3.05, 3.63) is 0 Å². The Labute approximate surface area is 65.3 Å². The molecular formula is C4H11N3O3S. The van der Waals surface area contributed by atoms with E-state index in [1.54, 1.807) is 0 Å². The Morgan fingerprint density at radius 1 is 1.45 bits per heavy atom. The molecule has 0 rings (SSSR count). The van der Waals surface area contributed by atoms with Crippen LogP contribution in [0.3, 0.4) is 0 Å². The average Bonchev–Trinajstić information content (AvgIpc) is 1.78. The first-order chi connectivity index (χ1) is 4.92. The van der Waals surface area contributed by atoms with E-state index in [-0.39, 0.29) is 19.0 Å². The molecule has 7 heteroatoms. The normalized spacial score (nSPS) is 11.1. The molecule has 0 fully saturated rings. The minimum Gasteiger partial charge on any atom is -0.355 e. The lowest BCUT2D eigenvalue weighted by Gasteiger charge is -2.01. The van der Waals surface area contributed by atoms with Crippen LogP contribution in [0.5, 0.6) is 0 Å². The zero-order valence-corrected chi connectivity index (χ0v) is 6.94. The predicted molar refractivity (Wildman–Crippen MR) is 39.8 cm³/mol. The molecule has 1 amide bonds. The van der Waals surface area contributed by atoms with E-state index in [9.17, 15) is 13.2 Å². The lowest BCUT2D eigenvalue weighted by atomic mass is 10.6. The predicted octanol–water partition coefficient (Wildman–Crippen LogP) is -2.08. The molecule has 0 atom stereocenters. The summed E-state index contributed by atoms with van der Waals surface area (Å²) in [6.07, 6.45) is 0. The molecule has 0 aliphatic carbocycles. The third-order valence-electron chi connectivity index (χ3n) is 0.802. The molecule has 0 aliphatic heterocycles. The summed E-state index contributed by atoms with van der Waals surface area (Å²) >= 11 is 0. The summed E-state index contributed by atoms with van der Waals surface area (Å²) in [5.41, 5.74) is 0. The van der Waals surface area contributed by atoms with Crippen LogP contribution >= 0.6 is 0 Å². The molecular weight excluding hydrogens is 170 g/mol. The van der Waals surface area contributed by atoms with E-state index in [2.05, 4.69) is 10.5 Å². The van der Waals surface area contributed by atoms with Crippen molar-refractivity contribution in [2.24, 2.45) is 5.14 Å². The number of nitrogens with one attached hydrogen (secondary N) is 2. The van der Waals surface area contributed by atoms with Gasteiger partial charge in [0.25, 0.3) is 10.2 Å². The van der Waals surface area contributed by atoms with Crippen molar-refractivity contribution in [2.45, 2.75) is 6.92 Å². The minimum atomic E-state index is -3.62. The topological polar surface area (TPSA) is 101 Å². The Balaban J connectivity index is 3.37. The van der Waals surface area contributed by atoms with Crippen LogP contribution in [0.4, 0.5) is 0 Å². The van der Waals surface area contributed by atoms with Crippen molar-refractivity contribution in [2.75, 3.05) is 13.1 Å². The SMILES string of the molecule is CC(=O)NCCNS(N)(=O)=O. The lowest BCUT2D eigenvalue weighted by Crippen LogP contribution is -2.37. The van der Waals surface area contributed by atoms with Gasteiger partial charge in [0.2, 0.25) is 5.91 Å². The number of hydrogen-bond donors (Lipinski definition) is 3. The number of carbonyl (C=O) groups excluding carboxylic acids is 1. The summed E-state index contributed by atoms with van der Waals surface area (Å²) in [6.45, 7) is 1.70. The van der Waals surface area contributed by atoms with Crippen LogP contribution in [-0.2, 0) is 15.0 Å². The highest BCUT2D eigenvalue weighted by Gasteiger charge is 1.98. The third-order valence-corrected chi connectivity index (χ3v) is 1.41. The van der Waals surface area contributed by atoms with Gasteiger partial charge in [-0.05, 0) is 0 Å². The monoisotopic (exact) mass is 181 g/mol. The van der Waals surface area contributed by atoms with Gasteiger partial charge in [0, 0.05) is 20.0 Å². The molecule has 0 bridgehead atoms. The van der Waals surface area contributed by atoms with Crippen LogP contribution in [0.25, 0.3) is 0 Å². The molecule has 0 saturated carbocycles. The quantitative estimate of drug-likeness (QED) is 0.434. The van der Waals surface area contributed by atoms with E-state index in [4.69, 9.17) is 0 Å². The maximum Gasteiger partial charge on any atom is 0.274 e. The van der Waals surface area contributed by atoms with Gasteiger partial charge in [-0.25, -0.2) is 9.86 Å². The summed E-state index contributed by atoms with van der Waals surface area (Å²) in [5, 5.41) is 7.00. The van der Waals surface area contributed by atoms with Gasteiger partial charge in [0.05, 0.1) is 0 Å². The van der Waals surface area contributed by atoms with Gasteiger partial charge in [0.1, 0.15) is 0 Å². The second-order valence-electron chi connectivity index (χ2n) is 1.92. The Kier molecular flexibility index (Phi) is 4.01. The van der Waals surface area contributed by atoms with Crippen molar-refractivity contribution >= 4 is 16.1 Å². The number of amides is 1. The van der Waals surface area contributed by atoms with Gasteiger partial charge in [0.15, 0.2) is 0 Å². The first kappa shape index (κ1) is 10.3. The fourth-order valence-corrected chi connectivity index (χ4v) is 0.818. The van der Waals surface area contributed by atoms with Crippen molar-refractivity contribution in [3.63, 3.8) is 0 Å². The van der Waals surface area contributed by atoms with Crippen molar-refractivity contribution in [1.82, 2.24) is 10.0 Å². The maximum atomic E-state index is 10.2. The standard InChI is InChI=1S/C4H11N3O3S/c1-4(8)6-2-3-7-11(5,9)10/h7H,2-3H2,1H3,(H,6,8)(H2,5,9,10). The van der Waals surface area contributed by atoms with Gasteiger partial charge >= 0.3 is 0 Å². The summed E-state index contributed by atoms with van der Waals surface area (Å²) < 4.78 is 22.5. The van der Waals surface area contributed by atoms with Gasteiger partial charge in [-0.3, -0.25) is 4.79 Å². The highest BCUT2D eigenvalue weighted by Crippen LogP contribution is 1.65. The van der Waals surface area contributed by atoms with Gasteiger partial charge in [-0.2, -0.15) is 8.42 Å². The lowest BCUT2D eigenvalue weighted by molar-refractivity contribution is -0.118. The molecule has 6 nitrogen and oxygen atoms in total. The van der Waals surface area contributed by atoms with Crippen LogP contribution in [0, 0.1) is 0 Å². The van der Waals surface area contributed by atoms with E-state index in [0.29, 0.717) is 0 Å². The summed E-state index contributed by atoms with van der Waals surface area (Å²) in [6, 6.07) is 0. The molecule has 0 aromatic heterocycles. The molecule has 0 radical (unpaired) electrons. The zero-order valence-electron chi connectivity index (χ0n) is 6.12. The smallest absolute Gasteiger partial charge is 0.274 e.